The molecule has 1 spiro atoms. The molecule has 1 aliphatic carbocycles. The van der Waals surface area contributed by atoms with Crippen LogP contribution in [0.4, 0.5) is 0 Å². The summed E-state index contributed by atoms with van der Waals surface area (Å²) in [6.07, 6.45) is 10.1. The van der Waals surface area contributed by atoms with Crippen molar-refractivity contribution in [1.82, 2.24) is 14.8 Å². The van der Waals surface area contributed by atoms with E-state index in [2.05, 4.69) is 9.88 Å². The first-order valence-corrected chi connectivity index (χ1v) is 10.7. The number of piperidine rings is 1. The van der Waals surface area contributed by atoms with Gasteiger partial charge in [0.15, 0.2) is 6.39 Å². The Bertz CT molecular complexity index is 662. The van der Waals surface area contributed by atoms with Crippen molar-refractivity contribution in [2.75, 3.05) is 40.0 Å². The van der Waals surface area contributed by atoms with Gasteiger partial charge in [-0.2, -0.15) is 0 Å². The Morgan fingerprint density at radius 3 is 2.64 bits per heavy atom. The van der Waals surface area contributed by atoms with Gasteiger partial charge in [0.25, 0.3) is 5.91 Å². The number of oxazole rings is 1. The second-order valence-corrected chi connectivity index (χ2v) is 8.46. The maximum atomic E-state index is 12.7. The largest absolute Gasteiger partial charge is 0.438 e. The lowest BCUT2D eigenvalue weighted by molar-refractivity contribution is -0.203. The predicted molar refractivity (Wildman–Crippen MR) is 104 cm³/mol. The maximum Gasteiger partial charge on any atom is 0.291 e. The molecule has 3 aliphatic rings. The van der Waals surface area contributed by atoms with Crippen LogP contribution in [0.5, 0.6) is 0 Å². The Hall–Kier alpha value is -1.44. The van der Waals surface area contributed by atoms with Crippen molar-refractivity contribution in [3.63, 3.8) is 0 Å². The average Bonchev–Trinajstić information content (AvgIpc) is 3.16. The van der Waals surface area contributed by atoms with Crippen molar-refractivity contribution in [2.24, 2.45) is 0 Å². The highest BCUT2D eigenvalue weighted by Gasteiger charge is 2.56. The van der Waals surface area contributed by atoms with Crippen LogP contribution < -0.4 is 0 Å². The van der Waals surface area contributed by atoms with Crippen LogP contribution >= 0.6 is 0 Å². The van der Waals surface area contributed by atoms with Gasteiger partial charge in [0.2, 0.25) is 5.76 Å². The van der Waals surface area contributed by atoms with Gasteiger partial charge in [-0.15, -0.1) is 0 Å². The number of ether oxygens (including phenoxy) is 2. The lowest BCUT2D eigenvalue weighted by Crippen LogP contribution is -2.75. The summed E-state index contributed by atoms with van der Waals surface area (Å²) in [6.45, 7) is 5.74. The molecule has 1 aromatic heterocycles. The summed E-state index contributed by atoms with van der Waals surface area (Å²) in [6, 6.07) is 0.542. The van der Waals surface area contributed by atoms with E-state index in [1.807, 2.05) is 11.8 Å². The molecule has 1 saturated carbocycles. The van der Waals surface area contributed by atoms with Gasteiger partial charge >= 0.3 is 0 Å². The quantitative estimate of drug-likeness (QED) is 0.695. The smallest absolute Gasteiger partial charge is 0.291 e. The minimum Gasteiger partial charge on any atom is -0.438 e. The first kappa shape index (κ1) is 19.9. The number of hydrogen-bond acceptors (Lipinski definition) is 6. The average molecular weight is 392 g/mol. The Morgan fingerprint density at radius 2 is 2.00 bits per heavy atom. The van der Waals surface area contributed by atoms with Crippen LogP contribution in [0.1, 0.15) is 61.2 Å². The van der Waals surface area contributed by atoms with Crippen LogP contribution in [-0.2, 0) is 9.47 Å². The zero-order valence-corrected chi connectivity index (χ0v) is 17.2. The number of carbonyl (C=O) groups is 1. The molecule has 3 heterocycles. The lowest BCUT2D eigenvalue weighted by atomic mass is 9.69. The van der Waals surface area contributed by atoms with E-state index in [9.17, 15) is 4.79 Å². The number of aromatic nitrogens is 1. The van der Waals surface area contributed by atoms with E-state index in [0.717, 1.165) is 32.5 Å². The highest BCUT2D eigenvalue weighted by molar-refractivity contribution is 5.92. The number of likely N-dealkylation sites (tertiary alicyclic amines) is 2. The number of rotatable bonds is 6. The number of methoxy groups -OCH3 is 1. The van der Waals surface area contributed by atoms with Crippen LogP contribution in [0.2, 0.25) is 0 Å². The molecule has 1 aromatic rings. The second kappa shape index (κ2) is 8.51. The highest BCUT2D eigenvalue weighted by atomic mass is 16.5. The van der Waals surface area contributed by atoms with Crippen molar-refractivity contribution < 1.29 is 18.7 Å². The van der Waals surface area contributed by atoms with Gasteiger partial charge in [0.05, 0.1) is 25.0 Å². The standard InChI is InChI=1S/C21H33N3O4/c1-16-19(28-15-22-16)20(25)23-10-6-17(7-11-23)24-14-18(27-13-12-26-2)21(24)8-4-3-5-9-21/h15,17-18H,3-14H2,1-2H3. The zero-order chi connectivity index (χ0) is 19.6. The normalized spacial score (nSPS) is 25.8. The third-order valence-corrected chi connectivity index (χ3v) is 6.99. The van der Waals surface area contributed by atoms with Crippen molar-refractivity contribution >= 4 is 5.91 Å². The topological polar surface area (TPSA) is 68.0 Å². The monoisotopic (exact) mass is 391 g/mol. The third-order valence-electron chi connectivity index (χ3n) is 6.99. The molecule has 0 aromatic carbocycles. The minimum atomic E-state index is -0.0229. The first-order valence-electron chi connectivity index (χ1n) is 10.7. The van der Waals surface area contributed by atoms with E-state index in [1.54, 1.807) is 7.11 Å². The molecular weight excluding hydrogens is 358 g/mol. The summed E-state index contributed by atoms with van der Waals surface area (Å²) in [5.74, 6) is 0.364. The Balaban J connectivity index is 1.36. The molecule has 1 unspecified atom stereocenters. The molecule has 3 fully saturated rings. The van der Waals surface area contributed by atoms with Crippen LogP contribution in [0.3, 0.4) is 0 Å². The van der Waals surface area contributed by atoms with Crippen LogP contribution in [-0.4, -0.2) is 78.3 Å². The highest BCUT2D eigenvalue weighted by Crippen LogP contribution is 2.47. The summed E-state index contributed by atoms with van der Waals surface area (Å²) in [7, 11) is 1.72. The maximum absolute atomic E-state index is 12.7. The summed E-state index contributed by atoms with van der Waals surface area (Å²) >= 11 is 0. The SMILES string of the molecule is COCCOC1CN(C2CCN(C(=O)c3ocnc3C)CC2)C12CCCCC2. The summed E-state index contributed by atoms with van der Waals surface area (Å²) in [4.78, 5) is 21.4. The molecule has 0 N–H and O–H groups in total. The van der Waals surface area contributed by atoms with Gasteiger partial charge in [-0.1, -0.05) is 19.3 Å². The fourth-order valence-corrected chi connectivity index (χ4v) is 5.40. The Morgan fingerprint density at radius 1 is 1.25 bits per heavy atom. The van der Waals surface area contributed by atoms with Crippen LogP contribution in [0.25, 0.3) is 0 Å². The molecule has 1 atom stereocenters. The third kappa shape index (κ3) is 3.60. The molecule has 7 heteroatoms. The molecule has 0 bridgehead atoms. The number of nitrogens with zero attached hydrogens (tertiary/aromatic N) is 3. The molecule has 156 valence electrons. The Kier molecular flexibility index (Phi) is 6.04. The van der Waals surface area contributed by atoms with E-state index in [0.29, 0.717) is 36.8 Å². The lowest BCUT2D eigenvalue weighted by Gasteiger charge is -2.63. The zero-order valence-electron chi connectivity index (χ0n) is 17.2. The molecule has 28 heavy (non-hydrogen) atoms. The van der Waals surface area contributed by atoms with E-state index in [4.69, 9.17) is 13.9 Å². The van der Waals surface area contributed by atoms with Crippen LogP contribution in [0.15, 0.2) is 10.8 Å². The van der Waals surface area contributed by atoms with Crippen molar-refractivity contribution in [3.8, 4) is 0 Å². The van der Waals surface area contributed by atoms with Gasteiger partial charge in [-0.25, -0.2) is 4.98 Å². The van der Waals surface area contributed by atoms with Gasteiger partial charge in [0, 0.05) is 38.3 Å². The van der Waals surface area contributed by atoms with Gasteiger partial charge in [-0.05, 0) is 32.6 Å². The number of carbonyl (C=O) groups excluding carboxylic acids is 1. The molecular formula is C21H33N3O4. The fourth-order valence-electron chi connectivity index (χ4n) is 5.40. The minimum absolute atomic E-state index is 0.0229. The second-order valence-electron chi connectivity index (χ2n) is 8.46. The molecule has 0 radical (unpaired) electrons. The summed E-state index contributed by atoms with van der Waals surface area (Å²) in [5.41, 5.74) is 0.886. The molecule has 2 aliphatic heterocycles. The number of aryl methyl sites for hydroxylation is 1. The van der Waals surface area contributed by atoms with Crippen molar-refractivity contribution in [2.45, 2.75) is 69.6 Å². The first-order chi connectivity index (χ1) is 13.7. The van der Waals surface area contributed by atoms with Gasteiger partial charge < -0.3 is 18.8 Å². The fraction of sp³-hybridized carbons (Fsp3) is 0.810. The van der Waals surface area contributed by atoms with E-state index in [1.165, 1.54) is 38.5 Å². The summed E-state index contributed by atoms with van der Waals surface area (Å²) < 4.78 is 16.7. The molecule has 4 rings (SSSR count). The predicted octanol–water partition coefficient (Wildman–Crippen LogP) is 2.64. The van der Waals surface area contributed by atoms with Crippen molar-refractivity contribution in [3.05, 3.63) is 17.8 Å². The number of amides is 1. The van der Waals surface area contributed by atoms with E-state index >= 15 is 0 Å². The summed E-state index contributed by atoms with van der Waals surface area (Å²) in [5, 5.41) is 0. The van der Waals surface area contributed by atoms with Gasteiger partial charge in [-0.3, -0.25) is 9.69 Å². The number of hydrogen-bond donors (Lipinski definition) is 0. The van der Waals surface area contributed by atoms with Crippen molar-refractivity contribution in [1.29, 1.82) is 0 Å². The Labute approximate surface area is 167 Å². The van der Waals surface area contributed by atoms with E-state index < -0.39 is 0 Å². The van der Waals surface area contributed by atoms with Crippen LogP contribution in [0, 0.1) is 6.92 Å². The molecule has 2 saturated heterocycles. The molecule has 1 amide bonds. The van der Waals surface area contributed by atoms with Gasteiger partial charge in [0.1, 0.15) is 0 Å². The van der Waals surface area contributed by atoms with E-state index in [-0.39, 0.29) is 11.4 Å². The molecule has 7 nitrogen and oxygen atoms in total.